The van der Waals surface area contributed by atoms with Crippen LogP contribution < -0.4 is 15.5 Å². The number of fused-ring (bicyclic) bond motifs is 1. The number of amides is 2. The Morgan fingerprint density at radius 1 is 1.07 bits per heavy atom. The summed E-state index contributed by atoms with van der Waals surface area (Å²) in [6.45, 7) is 6.44. The average molecular weight is 390 g/mol. The predicted octanol–water partition coefficient (Wildman–Crippen LogP) is 4.17. The number of benzene rings is 2. The first-order valence-electron chi connectivity index (χ1n) is 9.96. The number of carbonyl (C=O) groups excluding carboxylic acids is 1. The minimum absolute atomic E-state index is 0.228. The van der Waals surface area contributed by atoms with Gasteiger partial charge in [0.25, 0.3) is 0 Å². The van der Waals surface area contributed by atoms with Crippen molar-refractivity contribution in [2.24, 2.45) is 0 Å². The highest BCUT2D eigenvalue weighted by molar-refractivity contribution is 5.99. The van der Waals surface area contributed by atoms with Gasteiger partial charge in [-0.15, -0.1) is 0 Å². The lowest BCUT2D eigenvalue weighted by Gasteiger charge is -2.36. The molecular formula is C23H26N4O2. The molecule has 1 fully saturated rings. The smallest absolute Gasteiger partial charge is 0.320 e. The molecular weight excluding hydrogens is 364 g/mol. The van der Waals surface area contributed by atoms with E-state index in [0.29, 0.717) is 12.4 Å². The largest absolute Gasteiger partial charge is 0.372 e. The second-order valence-electron chi connectivity index (χ2n) is 7.52. The van der Waals surface area contributed by atoms with Gasteiger partial charge in [0.2, 0.25) is 0 Å². The van der Waals surface area contributed by atoms with Crippen LogP contribution in [0.25, 0.3) is 10.8 Å². The average Bonchev–Trinajstić information content (AvgIpc) is 2.72. The number of hydrogen-bond acceptors (Lipinski definition) is 4. The van der Waals surface area contributed by atoms with Gasteiger partial charge in [-0.1, -0.05) is 36.4 Å². The van der Waals surface area contributed by atoms with E-state index < -0.39 is 0 Å². The summed E-state index contributed by atoms with van der Waals surface area (Å²) < 4.78 is 5.80. The van der Waals surface area contributed by atoms with Crippen LogP contribution >= 0.6 is 0 Å². The second kappa shape index (κ2) is 8.49. The summed E-state index contributed by atoms with van der Waals surface area (Å²) in [5, 5.41) is 7.71. The number of nitrogens with zero attached hydrogens (tertiary/aromatic N) is 2. The lowest BCUT2D eigenvalue weighted by Crippen LogP contribution is -2.45. The molecule has 1 aromatic heterocycles. The van der Waals surface area contributed by atoms with Crippen LogP contribution in [0.15, 0.2) is 60.8 Å². The Balaban J connectivity index is 1.34. The van der Waals surface area contributed by atoms with Gasteiger partial charge >= 0.3 is 6.03 Å². The first-order valence-corrected chi connectivity index (χ1v) is 9.96. The van der Waals surface area contributed by atoms with Crippen molar-refractivity contribution in [3.05, 3.63) is 66.4 Å². The Kier molecular flexibility index (Phi) is 5.62. The number of pyridine rings is 1. The highest BCUT2D eigenvalue weighted by Gasteiger charge is 2.22. The van der Waals surface area contributed by atoms with Crippen molar-refractivity contribution < 1.29 is 9.53 Å². The van der Waals surface area contributed by atoms with Gasteiger partial charge in [0, 0.05) is 36.9 Å². The molecule has 0 bridgehead atoms. The molecule has 6 heteroatoms. The van der Waals surface area contributed by atoms with Crippen LogP contribution in [-0.4, -0.2) is 36.3 Å². The lowest BCUT2D eigenvalue weighted by molar-refractivity contribution is -0.00521. The summed E-state index contributed by atoms with van der Waals surface area (Å²) in [6.07, 6.45) is 2.15. The van der Waals surface area contributed by atoms with Gasteiger partial charge in [0.05, 0.1) is 12.2 Å². The molecule has 2 N–H and O–H groups in total. The van der Waals surface area contributed by atoms with Crippen molar-refractivity contribution in [1.29, 1.82) is 0 Å². The van der Waals surface area contributed by atoms with Crippen molar-refractivity contribution in [2.75, 3.05) is 23.3 Å². The molecule has 0 aliphatic carbocycles. The maximum Gasteiger partial charge on any atom is 0.320 e. The number of urea groups is 1. The summed E-state index contributed by atoms with van der Waals surface area (Å²) in [6, 6.07) is 17.8. The monoisotopic (exact) mass is 390 g/mol. The maximum absolute atomic E-state index is 12.3. The first kappa shape index (κ1) is 19.2. The molecule has 2 amide bonds. The maximum atomic E-state index is 12.3. The molecule has 6 nitrogen and oxygen atoms in total. The van der Waals surface area contributed by atoms with Crippen molar-refractivity contribution in [3.8, 4) is 0 Å². The van der Waals surface area contributed by atoms with Gasteiger partial charge in [-0.05, 0) is 43.0 Å². The van der Waals surface area contributed by atoms with Crippen molar-refractivity contribution in [1.82, 2.24) is 10.3 Å². The zero-order valence-electron chi connectivity index (χ0n) is 16.8. The standard InChI is InChI=1S/C23H26N4O2/c1-16-14-27(15-17(2)29-16)20-9-7-18(8-10-20)13-25-23(28)26-22-21-6-4-3-5-19(21)11-12-24-22/h3-12,16-17H,13-15H2,1-2H3,(H2,24,25,26,28). The lowest BCUT2D eigenvalue weighted by atomic mass is 10.1. The van der Waals surface area contributed by atoms with Crippen LogP contribution in [0.4, 0.5) is 16.3 Å². The number of hydrogen-bond donors (Lipinski definition) is 2. The normalized spacial score (nSPS) is 19.2. The molecule has 3 aromatic rings. The van der Waals surface area contributed by atoms with E-state index in [2.05, 4.69) is 58.6 Å². The van der Waals surface area contributed by atoms with E-state index in [1.54, 1.807) is 6.20 Å². The summed E-state index contributed by atoms with van der Waals surface area (Å²) in [4.78, 5) is 19.0. The fourth-order valence-corrected chi connectivity index (χ4v) is 3.77. The first-order chi connectivity index (χ1) is 14.1. The molecule has 2 unspecified atom stereocenters. The van der Waals surface area contributed by atoms with Gasteiger partial charge in [0.15, 0.2) is 0 Å². The number of ether oxygens (including phenoxy) is 1. The summed E-state index contributed by atoms with van der Waals surface area (Å²) in [7, 11) is 0. The van der Waals surface area contributed by atoms with Gasteiger partial charge in [-0.3, -0.25) is 5.32 Å². The predicted molar refractivity (Wildman–Crippen MR) is 116 cm³/mol. The molecule has 4 rings (SSSR count). The number of nitrogens with one attached hydrogen (secondary N) is 2. The minimum Gasteiger partial charge on any atom is -0.372 e. The molecule has 2 atom stereocenters. The Hall–Kier alpha value is -3.12. The Morgan fingerprint density at radius 2 is 1.79 bits per heavy atom. The van der Waals surface area contributed by atoms with Crippen LogP contribution in [0, 0.1) is 0 Å². The second-order valence-corrected chi connectivity index (χ2v) is 7.52. The molecule has 150 valence electrons. The fourth-order valence-electron chi connectivity index (χ4n) is 3.77. The van der Waals surface area contributed by atoms with E-state index in [-0.39, 0.29) is 18.2 Å². The number of aromatic nitrogens is 1. The number of anilines is 2. The topological polar surface area (TPSA) is 66.5 Å². The van der Waals surface area contributed by atoms with E-state index >= 15 is 0 Å². The Bertz CT molecular complexity index is 974. The van der Waals surface area contributed by atoms with E-state index in [1.807, 2.05) is 30.3 Å². The third kappa shape index (κ3) is 4.66. The zero-order chi connectivity index (χ0) is 20.2. The van der Waals surface area contributed by atoms with Gasteiger partial charge in [-0.25, -0.2) is 9.78 Å². The van der Waals surface area contributed by atoms with Crippen LogP contribution in [0.1, 0.15) is 19.4 Å². The highest BCUT2D eigenvalue weighted by Crippen LogP contribution is 2.22. The van der Waals surface area contributed by atoms with Crippen molar-refractivity contribution >= 4 is 28.3 Å². The van der Waals surface area contributed by atoms with E-state index in [0.717, 1.165) is 29.4 Å². The summed E-state index contributed by atoms with van der Waals surface area (Å²) >= 11 is 0. The third-order valence-corrected chi connectivity index (χ3v) is 5.08. The molecule has 1 aliphatic heterocycles. The Labute approximate surface area is 170 Å². The van der Waals surface area contributed by atoms with E-state index in [1.165, 1.54) is 5.69 Å². The van der Waals surface area contributed by atoms with Crippen molar-refractivity contribution in [2.45, 2.75) is 32.6 Å². The number of morpholine rings is 1. The van der Waals surface area contributed by atoms with Crippen LogP contribution in [-0.2, 0) is 11.3 Å². The quantitative estimate of drug-likeness (QED) is 0.702. The number of rotatable bonds is 4. The fraction of sp³-hybridized carbons (Fsp3) is 0.304. The zero-order valence-corrected chi connectivity index (χ0v) is 16.8. The minimum atomic E-state index is -0.270. The summed E-state index contributed by atoms with van der Waals surface area (Å²) in [5.41, 5.74) is 2.23. The Morgan fingerprint density at radius 3 is 2.55 bits per heavy atom. The van der Waals surface area contributed by atoms with E-state index in [9.17, 15) is 4.79 Å². The molecule has 0 spiro atoms. The molecule has 1 aliphatic rings. The van der Waals surface area contributed by atoms with Gasteiger partial charge in [0.1, 0.15) is 5.82 Å². The third-order valence-electron chi connectivity index (χ3n) is 5.08. The van der Waals surface area contributed by atoms with Crippen LogP contribution in [0.3, 0.4) is 0 Å². The molecule has 0 saturated carbocycles. The molecule has 1 saturated heterocycles. The molecule has 2 aromatic carbocycles. The van der Waals surface area contributed by atoms with Gasteiger partial charge < -0.3 is 15.0 Å². The van der Waals surface area contributed by atoms with E-state index in [4.69, 9.17) is 4.74 Å². The van der Waals surface area contributed by atoms with Crippen molar-refractivity contribution in [3.63, 3.8) is 0 Å². The molecule has 2 heterocycles. The SMILES string of the molecule is CC1CN(c2ccc(CNC(=O)Nc3nccc4ccccc34)cc2)CC(C)O1. The van der Waals surface area contributed by atoms with Crippen LogP contribution in [0.5, 0.6) is 0 Å². The number of carbonyl (C=O) groups is 1. The van der Waals surface area contributed by atoms with Gasteiger partial charge in [-0.2, -0.15) is 0 Å². The van der Waals surface area contributed by atoms with Crippen LogP contribution in [0.2, 0.25) is 0 Å². The summed E-state index contributed by atoms with van der Waals surface area (Å²) in [5.74, 6) is 0.562. The highest BCUT2D eigenvalue weighted by atomic mass is 16.5. The molecule has 0 radical (unpaired) electrons. The molecule has 29 heavy (non-hydrogen) atoms.